The molecule has 0 aliphatic heterocycles. The summed E-state index contributed by atoms with van der Waals surface area (Å²) in [5.74, 6) is 0.568. The Morgan fingerprint density at radius 3 is 2.18 bits per heavy atom. The minimum atomic E-state index is 0.568. The number of rotatable bonds is 2. The van der Waals surface area contributed by atoms with E-state index in [0.29, 0.717) is 5.92 Å². The Labute approximate surface area is 106 Å². The summed E-state index contributed by atoms with van der Waals surface area (Å²) in [6, 6.07) is 15.1. The Morgan fingerprint density at radius 2 is 1.59 bits per heavy atom. The van der Waals surface area contributed by atoms with Crippen LogP contribution in [0.2, 0.25) is 0 Å². The molecule has 0 saturated heterocycles. The lowest BCUT2D eigenvalue weighted by atomic mass is 9.93. The molecular weight excluding hydrogens is 223 g/mol. The molecule has 0 nitrogen and oxygen atoms in total. The fourth-order valence-corrected chi connectivity index (χ4v) is 2.50. The van der Waals surface area contributed by atoms with Gasteiger partial charge >= 0.3 is 0 Å². The van der Waals surface area contributed by atoms with Gasteiger partial charge in [-0.1, -0.05) is 50.2 Å². The fourth-order valence-electron chi connectivity index (χ4n) is 2.16. The molecule has 0 aromatic heterocycles. The van der Waals surface area contributed by atoms with E-state index in [1.165, 1.54) is 27.6 Å². The van der Waals surface area contributed by atoms with E-state index in [1.54, 1.807) is 0 Å². The maximum absolute atomic E-state index is 2.85. The standard InChI is InChI=1S/C16H19P/c1-11(2)15-9-14(10-16(17)12(15)3)13-7-5-4-6-8-13/h4-11H,17H2,1-3H3. The molecule has 0 aliphatic carbocycles. The van der Waals surface area contributed by atoms with Gasteiger partial charge in [0.05, 0.1) is 0 Å². The summed E-state index contributed by atoms with van der Waals surface area (Å²) < 4.78 is 0. The van der Waals surface area contributed by atoms with Crippen LogP contribution in [-0.2, 0) is 0 Å². The summed E-state index contributed by atoms with van der Waals surface area (Å²) in [7, 11) is 2.85. The van der Waals surface area contributed by atoms with E-state index in [-0.39, 0.29) is 0 Å². The third-order valence-electron chi connectivity index (χ3n) is 3.22. The molecule has 2 aromatic rings. The zero-order chi connectivity index (χ0) is 12.4. The molecule has 0 spiro atoms. The summed E-state index contributed by atoms with van der Waals surface area (Å²) >= 11 is 0. The van der Waals surface area contributed by atoms with Gasteiger partial charge in [0.2, 0.25) is 0 Å². The van der Waals surface area contributed by atoms with Gasteiger partial charge in [-0.15, -0.1) is 9.24 Å². The van der Waals surface area contributed by atoms with Gasteiger partial charge in [-0.25, -0.2) is 0 Å². The maximum Gasteiger partial charge on any atom is -0.0175 e. The largest absolute Gasteiger partial charge is 0.105 e. The third-order valence-corrected chi connectivity index (χ3v) is 3.82. The zero-order valence-electron chi connectivity index (χ0n) is 10.7. The molecule has 2 rings (SSSR count). The van der Waals surface area contributed by atoms with Crippen molar-refractivity contribution < 1.29 is 0 Å². The molecule has 0 heterocycles. The first-order chi connectivity index (χ1) is 8.09. The van der Waals surface area contributed by atoms with Crippen LogP contribution in [0, 0.1) is 6.92 Å². The van der Waals surface area contributed by atoms with Crippen LogP contribution < -0.4 is 5.30 Å². The van der Waals surface area contributed by atoms with Crippen LogP contribution in [-0.4, -0.2) is 0 Å². The van der Waals surface area contributed by atoms with Crippen molar-refractivity contribution in [2.75, 3.05) is 0 Å². The highest BCUT2D eigenvalue weighted by molar-refractivity contribution is 7.27. The summed E-state index contributed by atoms with van der Waals surface area (Å²) in [6.45, 7) is 6.70. The van der Waals surface area contributed by atoms with E-state index in [2.05, 4.69) is 72.5 Å². The second-order valence-corrected chi connectivity index (χ2v) is 5.42. The van der Waals surface area contributed by atoms with Crippen molar-refractivity contribution in [2.24, 2.45) is 0 Å². The minimum absolute atomic E-state index is 0.568. The predicted molar refractivity (Wildman–Crippen MR) is 80.0 cm³/mol. The van der Waals surface area contributed by atoms with Crippen LogP contribution in [0.3, 0.4) is 0 Å². The molecule has 0 saturated carbocycles. The van der Waals surface area contributed by atoms with Crippen molar-refractivity contribution in [3.8, 4) is 11.1 Å². The highest BCUT2D eigenvalue weighted by atomic mass is 31.0. The molecule has 0 radical (unpaired) electrons. The van der Waals surface area contributed by atoms with Crippen LogP contribution in [0.5, 0.6) is 0 Å². The van der Waals surface area contributed by atoms with Crippen LogP contribution in [0.4, 0.5) is 0 Å². The van der Waals surface area contributed by atoms with Gasteiger partial charge in [0.1, 0.15) is 0 Å². The first-order valence-corrected chi connectivity index (χ1v) is 6.62. The van der Waals surface area contributed by atoms with E-state index < -0.39 is 0 Å². The Hall–Kier alpha value is -1.13. The Kier molecular flexibility index (Phi) is 3.64. The Bertz CT molecular complexity index is 513. The number of hydrogen-bond acceptors (Lipinski definition) is 0. The average molecular weight is 242 g/mol. The molecule has 0 bridgehead atoms. The summed E-state index contributed by atoms with van der Waals surface area (Å²) in [6.07, 6.45) is 0. The van der Waals surface area contributed by atoms with Gasteiger partial charge in [-0.05, 0) is 46.5 Å². The molecular formula is C16H19P. The van der Waals surface area contributed by atoms with Crippen LogP contribution in [0.1, 0.15) is 30.9 Å². The quantitative estimate of drug-likeness (QED) is 0.689. The second kappa shape index (κ2) is 5.02. The van der Waals surface area contributed by atoms with Gasteiger partial charge < -0.3 is 0 Å². The van der Waals surface area contributed by atoms with Crippen molar-refractivity contribution in [1.29, 1.82) is 0 Å². The highest BCUT2D eigenvalue weighted by Crippen LogP contribution is 2.26. The van der Waals surface area contributed by atoms with E-state index in [4.69, 9.17) is 0 Å². The van der Waals surface area contributed by atoms with E-state index in [1.807, 2.05) is 0 Å². The van der Waals surface area contributed by atoms with E-state index in [0.717, 1.165) is 0 Å². The molecule has 88 valence electrons. The number of hydrogen-bond donors (Lipinski definition) is 0. The topological polar surface area (TPSA) is 0 Å². The smallest absolute Gasteiger partial charge is 0.0175 e. The lowest BCUT2D eigenvalue weighted by Gasteiger charge is -2.15. The van der Waals surface area contributed by atoms with E-state index >= 15 is 0 Å². The van der Waals surface area contributed by atoms with Crippen LogP contribution >= 0.6 is 9.24 Å². The van der Waals surface area contributed by atoms with Gasteiger partial charge in [0.25, 0.3) is 0 Å². The van der Waals surface area contributed by atoms with Gasteiger partial charge in [-0.3, -0.25) is 0 Å². The van der Waals surface area contributed by atoms with Crippen molar-refractivity contribution >= 4 is 14.5 Å². The Morgan fingerprint density at radius 1 is 0.941 bits per heavy atom. The van der Waals surface area contributed by atoms with Gasteiger partial charge in [0.15, 0.2) is 0 Å². The van der Waals surface area contributed by atoms with Gasteiger partial charge in [-0.2, -0.15) is 0 Å². The molecule has 0 amide bonds. The maximum atomic E-state index is 2.85. The number of benzene rings is 2. The summed E-state index contributed by atoms with van der Waals surface area (Å²) in [5, 5.41) is 1.30. The monoisotopic (exact) mass is 242 g/mol. The summed E-state index contributed by atoms with van der Waals surface area (Å²) in [5.41, 5.74) is 5.43. The Balaban J connectivity index is 2.57. The fraction of sp³-hybridized carbons (Fsp3) is 0.250. The lowest BCUT2D eigenvalue weighted by molar-refractivity contribution is 0.859. The molecule has 0 fully saturated rings. The van der Waals surface area contributed by atoms with Gasteiger partial charge in [0, 0.05) is 0 Å². The first kappa shape index (κ1) is 12.3. The first-order valence-electron chi connectivity index (χ1n) is 6.05. The predicted octanol–water partition coefficient (Wildman–Crippen LogP) is 4.29. The normalized spacial score (nSPS) is 10.9. The van der Waals surface area contributed by atoms with Crippen molar-refractivity contribution in [2.45, 2.75) is 26.7 Å². The zero-order valence-corrected chi connectivity index (χ0v) is 11.9. The molecule has 1 unspecified atom stereocenters. The molecule has 0 N–H and O–H groups in total. The molecule has 1 heteroatoms. The lowest BCUT2D eigenvalue weighted by Crippen LogP contribution is -2.04. The molecule has 0 aliphatic rings. The average Bonchev–Trinajstić information content (AvgIpc) is 2.33. The van der Waals surface area contributed by atoms with Crippen LogP contribution in [0.25, 0.3) is 11.1 Å². The molecule has 17 heavy (non-hydrogen) atoms. The highest BCUT2D eigenvalue weighted by Gasteiger charge is 2.08. The summed E-state index contributed by atoms with van der Waals surface area (Å²) in [4.78, 5) is 0. The SMILES string of the molecule is Cc1c(P)cc(-c2ccccc2)cc1C(C)C. The van der Waals surface area contributed by atoms with Crippen molar-refractivity contribution in [1.82, 2.24) is 0 Å². The van der Waals surface area contributed by atoms with Crippen LogP contribution in [0.15, 0.2) is 42.5 Å². The molecule has 1 atom stereocenters. The second-order valence-electron chi connectivity index (χ2n) is 4.80. The van der Waals surface area contributed by atoms with Crippen molar-refractivity contribution in [3.63, 3.8) is 0 Å². The van der Waals surface area contributed by atoms with Crippen molar-refractivity contribution in [3.05, 3.63) is 53.6 Å². The minimum Gasteiger partial charge on any atom is -0.105 e. The van der Waals surface area contributed by atoms with E-state index in [9.17, 15) is 0 Å². The third kappa shape index (κ3) is 2.58. The molecule has 2 aromatic carbocycles.